The highest BCUT2D eigenvalue weighted by atomic mass is 32.1. The second-order valence-corrected chi connectivity index (χ2v) is 9.50. The quantitative estimate of drug-likeness (QED) is 0.334. The van der Waals surface area contributed by atoms with Crippen molar-refractivity contribution < 1.29 is 24.2 Å². The molecule has 194 valence electrons. The third kappa shape index (κ3) is 5.67. The van der Waals surface area contributed by atoms with Gasteiger partial charge in [-0.2, -0.15) is 4.37 Å². The van der Waals surface area contributed by atoms with Gasteiger partial charge < -0.3 is 26.6 Å². The lowest BCUT2D eigenvalue weighted by Gasteiger charge is -2.32. The number of primary amides is 1. The predicted octanol–water partition coefficient (Wildman–Crippen LogP) is 3.38. The van der Waals surface area contributed by atoms with E-state index in [0.717, 1.165) is 37.2 Å². The van der Waals surface area contributed by atoms with Crippen LogP contribution in [0, 0.1) is 0 Å². The number of nitrogens with zero attached hydrogens (tertiary/aromatic N) is 2. The topological polar surface area (TPSA) is 161 Å². The summed E-state index contributed by atoms with van der Waals surface area (Å²) in [7, 11) is 0. The minimum atomic E-state index is -1.11. The van der Waals surface area contributed by atoms with Crippen LogP contribution >= 0.6 is 11.5 Å². The second-order valence-electron chi connectivity index (χ2n) is 8.72. The number of aromatic nitrogens is 1. The predicted molar refractivity (Wildman–Crippen MR) is 141 cm³/mol. The van der Waals surface area contributed by atoms with E-state index in [1.807, 2.05) is 6.92 Å². The number of rotatable bonds is 9. The van der Waals surface area contributed by atoms with Crippen molar-refractivity contribution in [3.05, 3.63) is 64.7 Å². The number of phenolic OH excluding ortho intramolecular Hbond substituents is 1. The highest BCUT2D eigenvalue weighted by Gasteiger charge is 2.37. The molecule has 6 N–H and O–H groups in total. The molecule has 1 atom stereocenters. The molecule has 1 fully saturated rings. The Hall–Kier alpha value is -4.12. The largest absolute Gasteiger partial charge is 0.508 e. The molecule has 1 aliphatic rings. The van der Waals surface area contributed by atoms with Crippen molar-refractivity contribution in [1.82, 2.24) is 9.69 Å². The minimum absolute atomic E-state index is 0.000615. The Morgan fingerprint density at radius 2 is 1.78 bits per heavy atom. The number of hydrogen-bond donors (Lipinski definition) is 4. The molecule has 0 aliphatic heterocycles. The molecular formula is C26H29N5O5S. The van der Waals surface area contributed by atoms with E-state index in [0.29, 0.717) is 23.6 Å². The number of ether oxygens (including phenoxy) is 1. The Labute approximate surface area is 218 Å². The van der Waals surface area contributed by atoms with E-state index in [1.165, 1.54) is 17.0 Å². The van der Waals surface area contributed by atoms with Crippen LogP contribution in [0.25, 0.3) is 0 Å². The maximum absolute atomic E-state index is 14.0. The standard InChI is InChI=1S/C26H29N5O5S/c1-2-36-19-13-9-17(10-14-19)31(26(35)23-20(27)21(24(28)33)30-37-23)22(15-7-11-18(32)12-8-15)25(34)29-16-5-3-4-6-16/h7-14,16,22,32H,2-6,27H2,1H3,(H2,28,33)(H,29,34)/t22-/m0/s1. The SMILES string of the molecule is CCOc1ccc(N(C(=O)c2snc(C(N)=O)c2N)[C@H](C(=O)NC2CCCC2)c2ccc(O)cc2)cc1. The van der Waals surface area contributed by atoms with Crippen LogP contribution in [0.4, 0.5) is 11.4 Å². The van der Waals surface area contributed by atoms with Crippen LogP contribution in [0.1, 0.15) is 64.4 Å². The molecule has 0 unspecified atom stereocenters. The molecule has 3 aromatic rings. The van der Waals surface area contributed by atoms with Crippen LogP contribution in [0.5, 0.6) is 11.5 Å². The van der Waals surface area contributed by atoms with Gasteiger partial charge in [0.25, 0.3) is 11.8 Å². The zero-order valence-electron chi connectivity index (χ0n) is 20.3. The van der Waals surface area contributed by atoms with Crippen molar-refractivity contribution in [3.8, 4) is 11.5 Å². The van der Waals surface area contributed by atoms with Gasteiger partial charge in [-0.1, -0.05) is 25.0 Å². The van der Waals surface area contributed by atoms with Crippen molar-refractivity contribution in [2.24, 2.45) is 5.73 Å². The van der Waals surface area contributed by atoms with E-state index in [4.69, 9.17) is 16.2 Å². The van der Waals surface area contributed by atoms with Crippen LogP contribution in [-0.4, -0.2) is 39.9 Å². The Kier molecular flexibility index (Phi) is 7.92. The van der Waals surface area contributed by atoms with Crippen LogP contribution in [-0.2, 0) is 4.79 Å². The fraction of sp³-hybridized carbons (Fsp3) is 0.308. The number of nitrogen functional groups attached to an aromatic ring is 1. The number of amides is 3. The number of carbonyl (C=O) groups excluding carboxylic acids is 3. The van der Waals surface area contributed by atoms with Gasteiger partial charge in [-0.3, -0.25) is 19.3 Å². The van der Waals surface area contributed by atoms with E-state index in [9.17, 15) is 19.5 Å². The van der Waals surface area contributed by atoms with Gasteiger partial charge in [0.2, 0.25) is 5.91 Å². The normalized spacial score (nSPS) is 14.2. The van der Waals surface area contributed by atoms with Crippen LogP contribution in [0.15, 0.2) is 48.5 Å². The molecule has 10 nitrogen and oxygen atoms in total. The molecule has 1 aromatic heterocycles. The first-order valence-electron chi connectivity index (χ1n) is 12.0. The van der Waals surface area contributed by atoms with Crippen LogP contribution in [0.2, 0.25) is 0 Å². The van der Waals surface area contributed by atoms with E-state index in [1.54, 1.807) is 36.4 Å². The molecule has 1 heterocycles. The molecule has 3 amide bonds. The number of nitrogens with one attached hydrogen (secondary N) is 1. The fourth-order valence-corrected chi connectivity index (χ4v) is 5.16. The van der Waals surface area contributed by atoms with E-state index < -0.39 is 17.9 Å². The Balaban J connectivity index is 1.83. The van der Waals surface area contributed by atoms with Gasteiger partial charge in [-0.15, -0.1) is 0 Å². The zero-order valence-corrected chi connectivity index (χ0v) is 21.2. The van der Waals surface area contributed by atoms with Gasteiger partial charge in [0.15, 0.2) is 5.69 Å². The average Bonchev–Trinajstić information content (AvgIpc) is 3.53. The van der Waals surface area contributed by atoms with Crippen LogP contribution < -0.4 is 26.4 Å². The van der Waals surface area contributed by atoms with Gasteiger partial charge in [0.1, 0.15) is 22.4 Å². The molecule has 1 saturated carbocycles. The summed E-state index contributed by atoms with van der Waals surface area (Å²) in [5.41, 5.74) is 12.0. The minimum Gasteiger partial charge on any atom is -0.508 e. The van der Waals surface area contributed by atoms with E-state index in [2.05, 4.69) is 9.69 Å². The molecule has 0 saturated heterocycles. The molecule has 0 radical (unpaired) electrons. The monoisotopic (exact) mass is 523 g/mol. The highest BCUT2D eigenvalue weighted by molar-refractivity contribution is 7.09. The summed E-state index contributed by atoms with van der Waals surface area (Å²) in [5.74, 6) is -1.22. The van der Waals surface area contributed by atoms with E-state index >= 15 is 0 Å². The van der Waals surface area contributed by atoms with Gasteiger partial charge in [-0.05, 0) is 73.3 Å². The number of anilines is 2. The van der Waals surface area contributed by atoms with Gasteiger partial charge in [0.05, 0.1) is 12.3 Å². The summed E-state index contributed by atoms with van der Waals surface area (Å²) in [6, 6.07) is 11.7. The number of phenols is 1. The summed E-state index contributed by atoms with van der Waals surface area (Å²) in [4.78, 5) is 40.9. The summed E-state index contributed by atoms with van der Waals surface area (Å²) in [6.45, 7) is 2.33. The average molecular weight is 524 g/mol. The summed E-state index contributed by atoms with van der Waals surface area (Å²) in [5, 5.41) is 12.9. The van der Waals surface area contributed by atoms with E-state index in [-0.39, 0.29) is 34.0 Å². The summed E-state index contributed by atoms with van der Waals surface area (Å²) < 4.78 is 9.50. The Bertz CT molecular complexity index is 1270. The fourth-order valence-electron chi connectivity index (χ4n) is 4.42. The Morgan fingerprint density at radius 3 is 2.35 bits per heavy atom. The maximum Gasteiger partial charge on any atom is 0.273 e. The van der Waals surface area contributed by atoms with Crippen molar-refractivity contribution in [2.45, 2.75) is 44.7 Å². The van der Waals surface area contributed by atoms with Crippen LogP contribution in [0.3, 0.4) is 0 Å². The summed E-state index contributed by atoms with van der Waals surface area (Å²) in [6.07, 6.45) is 3.75. The van der Waals surface area contributed by atoms with Crippen molar-refractivity contribution in [3.63, 3.8) is 0 Å². The molecule has 4 rings (SSSR count). The molecular weight excluding hydrogens is 494 g/mol. The zero-order chi connectivity index (χ0) is 26.5. The smallest absolute Gasteiger partial charge is 0.273 e. The van der Waals surface area contributed by atoms with Crippen molar-refractivity contribution >= 4 is 40.6 Å². The lowest BCUT2D eigenvalue weighted by atomic mass is 10.0. The lowest BCUT2D eigenvalue weighted by Crippen LogP contribution is -2.46. The highest BCUT2D eigenvalue weighted by Crippen LogP contribution is 2.35. The van der Waals surface area contributed by atoms with Gasteiger partial charge in [-0.25, -0.2) is 0 Å². The molecule has 0 bridgehead atoms. The molecule has 0 spiro atoms. The first-order valence-corrected chi connectivity index (χ1v) is 12.8. The van der Waals surface area contributed by atoms with Crippen molar-refractivity contribution in [2.75, 3.05) is 17.2 Å². The number of aromatic hydroxyl groups is 1. The lowest BCUT2D eigenvalue weighted by molar-refractivity contribution is -0.123. The number of nitrogens with two attached hydrogens (primary N) is 2. The maximum atomic E-state index is 14.0. The third-order valence-corrected chi connectivity index (χ3v) is 7.07. The molecule has 2 aromatic carbocycles. The summed E-state index contributed by atoms with van der Waals surface area (Å²) >= 11 is 0.743. The van der Waals surface area contributed by atoms with Crippen molar-refractivity contribution in [1.29, 1.82) is 0 Å². The first-order chi connectivity index (χ1) is 17.8. The molecule has 11 heteroatoms. The third-order valence-electron chi connectivity index (χ3n) is 6.22. The van der Waals surface area contributed by atoms with Gasteiger partial charge >= 0.3 is 0 Å². The first kappa shape index (κ1) is 26.0. The number of benzene rings is 2. The number of hydrogen-bond acceptors (Lipinski definition) is 8. The molecule has 1 aliphatic carbocycles. The second kappa shape index (κ2) is 11.3. The Morgan fingerprint density at radius 1 is 1.14 bits per heavy atom. The van der Waals surface area contributed by atoms with Gasteiger partial charge in [0, 0.05) is 11.7 Å². The number of carbonyl (C=O) groups is 3. The molecule has 37 heavy (non-hydrogen) atoms.